The number of Topliss-reactive ketones (excluding diaryl/α,β-unsaturated/α-hetero) is 2. The van der Waals surface area contributed by atoms with Gasteiger partial charge in [-0.25, -0.2) is 0 Å². The Morgan fingerprint density at radius 3 is 2.27 bits per heavy atom. The number of carbonyl (C=O) groups is 2. The van der Waals surface area contributed by atoms with Crippen LogP contribution in [0.2, 0.25) is 5.02 Å². The van der Waals surface area contributed by atoms with Crippen molar-refractivity contribution in [3.63, 3.8) is 0 Å². The van der Waals surface area contributed by atoms with Crippen LogP contribution in [0.25, 0.3) is 0 Å². The normalized spacial score (nSPS) is 10.4. The van der Waals surface area contributed by atoms with E-state index in [1.54, 1.807) is 0 Å². The molecule has 15 heavy (non-hydrogen) atoms. The maximum absolute atomic E-state index is 11.4. The Balaban J connectivity index is 3.34. The van der Waals surface area contributed by atoms with E-state index in [4.69, 9.17) is 11.6 Å². The number of halogens is 1. The average molecular weight is 228 g/mol. The second kappa shape index (κ2) is 4.40. The molecule has 0 aliphatic rings. The molecule has 0 unspecified atom stereocenters. The lowest BCUT2D eigenvalue weighted by atomic mass is 10.1. The molecule has 0 saturated heterocycles. The maximum atomic E-state index is 11.4. The molecular formula is C10H10ClNO3. The summed E-state index contributed by atoms with van der Waals surface area (Å²) in [5, 5.41) is 0.308. The Morgan fingerprint density at radius 2 is 1.80 bits per heavy atom. The first kappa shape index (κ1) is 11.7. The first-order chi connectivity index (χ1) is 6.93. The molecule has 0 bridgehead atoms. The Hall–Kier alpha value is -1.42. The molecule has 0 aliphatic carbocycles. The zero-order chi connectivity index (χ0) is 11.6. The second-order valence-electron chi connectivity index (χ2n) is 3.22. The van der Waals surface area contributed by atoms with Crippen molar-refractivity contribution >= 4 is 23.2 Å². The second-order valence-corrected chi connectivity index (χ2v) is 3.65. The highest BCUT2D eigenvalue weighted by Crippen LogP contribution is 2.10. The van der Waals surface area contributed by atoms with Crippen LogP contribution in [0, 0.1) is 0 Å². The van der Waals surface area contributed by atoms with Gasteiger partial charge in [0.1, 0.15) is 0 Å². The van der Waals surface area contributed by atoms with E-state index < -0.39 is 11.6 Å². The number of pyridine rings is 1. The lowest BCUT2D eigenvalue weighted by Gasteiger charge is -2.13. The Bertz CT molecular complexity index is 450. The smallest absolute Gasteiger partial charge is 0.251 e. The van der Waals surface area contributed by atoms with Crippen molar-refractivity contribution in [1.29, 1.82) is 0 Å². The summed E-state index contributed by atoms with van der Waals surface area (Å²) in [6, 6.07) is 1.56. The first-order valence-electron chi connectivity index (χ1n) is 4.32. The van der Waals surface area contributed by atoms with E-state index in [1.165, 1.54) is 32.2 Å². The van der Waals surface area contributed by atoms with E-state index in [0.717, 1.165) is 4.57 Å². The van der Waals surface area contributed by atoms with Crippen LogP contribution in [0.5, 0.6) is 0 Å². The highest BCUT2D eigenvalue weighted by atomic mass is 35.5. The molecule has 0 amide bonds. The van der Waals surface area contributed by atoms with E-state index in [2.05, 4.69) is 0 Å². The van der Waals surface area contributed by atoms with Crippen molar-refractivity contribution in [2.75, 3.05) is 0 Å². The van der Waals surface area contributed by atoms with Gasteiger partial charge in [0, 0.05) is 12.3 Å². The molecule has 0 saturated carbocycles. The summed E-state index contributed by atoms with van der Waals surface area (Å²) in [5.74, 6) is -0.765. The summed E-state index contributed by atoms with van der Waals surface area (Å²) in [4.78, 5) is 33.9. The third-order valence-electron chi connectivity index (χ3n) is 1.95. The molecule has 5 heteroatoms. The maximum Gasteiger partial charge on any atom is 0.251 e. The molecule has 1 aromatic heterocycles. The van der Waals surface area contributed by atoms with Gasteiger partial charge in [-0.2, -0.15) is 0 Å². The number of hydrogen-bond donors (Lipinski definition) is 0. The Morgan fingerprint density at radius 1 is 1.27 bits per heavy atom. The molecule has 0 fully saturated rings. The molecule has 1 aromatic rings. The van der Waals surface area contributed by atoms with Gasteiger partial charge in [-0.3, -0.25) is 19.0 Å². The van der Waals surface area contributed by atoms with Gasteiger partial charge in [0.15, 0.2) is 17.6 Å². The van der Waals surface area contributed by atoms with Crippen LogP contribution in [0.1, 0.15) is 19.9 Å². The molecule has 0 aromatic carbocycles. The van der Waals surface area contributed by atoms with Gasteiger partial charge < -0.3 is 0 Å². The Kier molecular flexibility index (Phi) is 3.42. The summed E-state index contributed by atoms with van der Waals surface area (Å²) in [7, 11) is 0. The molecular weight excluding hydrogens is 218 g/mol. The quantitative estimate of drug-likeness (QED) is 0.730. The zero-order valence-electron chi connectivity index (χ0n) is 8.36. The van der Waals surface area contributed by atoms with Crippen LogP contribution in [-0.2, 0) is 9.59 Å². The topological polar surface area (TPSA) is 56.1 Å². The van der Waals surface area contributed by atoms with E-state index in [0.29, 0.717) is 5.02 Å². The Labute approximate surface area is 91.5 Å². The molecule has 0 spiro atoms. The minimum Gasteiger partial charge on any atom is -0.297 e. The van der Waals surface area contributed by atoms with E-state index in [-0.39, 0.29) is 11.6 Å². The van der Waals surface area contributed by atoms with Crippen molar-refractivity contribution in [2.24, 2.45) is 0 Å². The fourth-order valence-corrected chi connectivity index (χ4v) is 1.52. The van der Waals surface area contributed by atoms with Gasteiger partial charge in [-0.05, 0) is 19.9 Å². The lowest BCUT2D eigenvalue weighted by Crippen LogP contribution is -2.32. The van der Waals surface area contributed by atoms with Gasteiger partial charge in [0.05, 0.1) is 5.02 Å². The first-order valence-corrected chi connectivity index (χ1v) is 4.70. The van der Waals surface area contributed by atoms with E-state index >= 15 is 0 Å². The third kappa shape index (κ3) is 2.53. The largest absolute Gasteiger partial charge is 0.297 e. The van der Waals surface area contributed by atoms with Gasteiger partial charge in [-0.1, -0.05) is 11.6 Å². The van der Waals surface area contributed by atoms with Gasteiger partial charge in [0.25, 0.3) is 5.56 Å². The van der Waals surface area contributed by atoms with Crippen LogP contribution < -0.4 is 5.56 Å². The molecule has 1 heterocycles. The molecule has 4 nitrogen and oxygen atoms in total. The number of nitrogens with zero attached hydrogens (tertiary/aromatic N) is 1. The molecule has 0 N–H and O–H groups in total. The fourth-order valence-electron chi connectivity index (χ4n) is 1.36. The highest BCUT2D eigenvalue weighted by molar-refractivity contribution is 6.30. The highest BCUT2D eigenvalue weighted by Gasteiger charge is 2.22. The number of aromatic nitrogens is 1. The van der Waals surface area contributed by atoms with Gasteiger partial charge in [0.2, 0.25) is 0 Å². The van der Waals surface area contributed by atoms with E-state index in [1.807, 2.05) is 0 Å². The predicted molar refractivity (Wildman–Crippen MR) is 56.1 cm³/mol. The molecule has 0 aliphatic heterocycles. The van der Waals surface area contributed by atoms with Crippen molar-refractivity contribution < 1.29 is 9.59 Å². The van der Waals surface area contributed by atoms with E-state index in [9.17, 15) is 14.4 Å². The summed E-state index contributed by atoms with van der Waals surface area (Å²) in [5.41, 5.74) is -0.421. The fraction of sp³-hybridized carbons (Fsp3) is 0.300. The van der Waals surface area contributed by atoms with Gasteiger partial charge in [-0.15, -0.1) is 0 Å². The van der Waals surface area contributed by atoms with Crippen LogP contribution >= 0.6 is 11.6 Å². The van der Waals surface area contributed by atoms with Crippen molar-refractivity contribution in [3.05, 3.63) is 33.7 Å². The van der Waals surface area contributed by atoms with Crippen LogP contribution in [-0.4, -0.2) is 16.1 Å². The van der Waals surface area contributed by atoms with Crippen LogP contribution in [0.3, 0.4) is 0 Å². The number of hydrogen-bond acceptors (Lipinski definition) is 3. The average Bonchev–Trinajstić information content (AvgIpc) is 2.10. The zero-order valence-corrected chi connectivity index (χ0v) is 9.12. The summed E-state index contributed by atoms with van der Waals surface area (Å²) < 4.78 is 1.05. The molecule has 0 radical (unpaired) electrons. The molecule has 1 rings (SSSR count). The number of rotatable bonds is 3. The van der Waals surface area contributed by atoms with Crippen LogP contribution in [0.15, 0.2) is 23.1 Å². The standard InChI is InChI=1S/C10H10ClNO3/c1-6(13)10(7(2)14)12-5-8(11)3-4-9(12)15/h3-5,10H,1-2H3. The summed E-state index contributed by atoms with van der Waals surface area (Å²) in [6.45, 7) is 2.53. The minimum absolute atomic E-state index is 0.308. The van der Waals surface area contributed by atoms with Crippen molar-refractivity contribution in [2.45, 2.75) is 19.9 Å². The SMILES string of the molecule is CC(=O)C(C(C)=O)n1cc(Cl)ccc1=O. The van der Waals surface area contributed by atoms with Gasteiger partial charge >= 0.3 is 0 Å². The monoisotopic (exact) mass is 227 g/mol. The number of carbonyl (C=O) groups excluding carboxylic acids is 2. The predicted octanol–water partition coefficient (Wildman–Crippen LogP) is 1.22. The summed E-state index contributed by atoms with van der Waals surface area (Å²) >= 11 is 5.69. The molecule has 80 valence electrons. The third-order valence-corrected chi connectivity index (χ3v) is 2.17. The lowest BCUT2D eigenvalue weighted by molar-refractivity contribution is -0.129. The van der Waals surface area contributed by atoms with Crippen molar-refractivity contribution in [1.82, 2.24) is 4.57 Å². The minimum atomic E-state index is -1.07. The van der Waals surface area contributed by atoms with Crippen molar-refractivity contribution in [3.8, 4) is 0 Å². The van der Waals surface area contributed by atoms with Crippen LogP contribution in [0.4, 0.5) is 0 Å². The number of ketones is 2. The molecule has 0 atom stereocenters. The summed E-state index contributed by atoms with van der Waals surface area (Å²) in [6.07, 6.45) is 1.29.